The maximum Gasteiger partial charge on any atom is 0.230 e. The first-order chi connectivity index (χ1) is 12.8. The molecule has 26 heavy (non-hydrogen) atoms. The molecule has 0 atom stereocenters. The molecule has 0 bridgehead atoms. The van der Waals surface area contributed by atoms with Gasteiger partial charge in [0.2, 0.25) is 5.91 Å². The van der Waals surface area contributed by atoms with Crippen LogP contribution in [-0.4, -0.2) is 26.4 Å². The molecular weight excluding hydrogens is 344 g/mol. The molecule has 1 N–H and O–H groups in total. The number of thioether (sulfide) groups is 1. The van der Waals surface area contributed by atoms with Crippen LogP contribution in [-0.2, 0) is 17.9 Å². The number of carbonyl (C=O) groups is 1. The molecule has 1 aromatic heterocycles. The van der Waals surface area contributed by atoms with Crippen LogP contribution in [0.15, 0.2) is 65.8 Å². The highest BCUT2D eigenvalue weighted by atomic mass is 32.2. The molecule has 134 valence electrons. The second-order valence-electron chi connectivity index (χ2n) is 5.87. The number of amides is 1. The van der Waals surface area contributed by atoms with E-state index in [-0.39, 0.29) is 5.91 Å². The largest absolute Gasteiger partial charge is 0.351 e. The van der Waals surface area contributed by atoms with Crippen molar-refractivity contribution in [3.05, 3.63) is 66.2 Å². The quantitative estimate of drug-likeness (QED) is 0.617. The summed E-state index contributed by atoms with van der Waals surface area (Å²) in [7, 11) is 0. The molecule has 0 fully saturated rings. The van der Waals surface area contributed by atoms with Crippen LogP contribution >= 0.6 is 11.8 Å². The van der Waals surface area contributed by atoms with E-state index in [1.165, 1.54) is 11.8 Å². The van der Waals surface area contributed by atoms with Crippen molar-refractivity contribution in [1.29, 1.82) is 0 Å². The lowest BCUT2D eigenvalue weighted by atomic mass is 10.2. The van der Waals surface area contributed by atoms with Gasteiger partial charge in [0.15, 0.2) is 11.0 Å². The van der Waals surface area contributed by atoms with E-state index in [9.17, 15) is 4.79 Å². The lowest BCUT2D eigenvalue weighted by Crippen LogP contribution is -2.24. The number of hydrogen-bond donors (Lipinski definition) is 1. The summed E-state index contributed by atoms with van der Waals surface area (Å²) in [5.41, 5.74) is 2.13. The van der Waals surface area contributed by atoms with Crippen LogP contribution in [0.2, 0.25) is 0 Å². The SMILES string of the molecule is CCCn1c(SCC(=O)NCc2ccccc2)nnc1-c1ccccc1. The third-order valence-corrected chi connectivity index (χ3v) is 4.83. The van der Waals surface area contributed by atoms with E-state index in [2.05, 4.69) is 27.0 Å². The van der Waals surface area contributed by atoms with Gasteiger partial charge < -0.3 is 9.88 Å². The minimum absolute atomic E-state index is 0.00818. The Morgan fingerprint density at radius 1 is 1.04 bits per heavy atom. The Bertz CT molecular complexity index is 834. The van der Waals surface area contributed by atoms with Gasteiger partial charge in [0.25, 0.3) is 0 Å². The summed E-state index contributed by atoms with van der Waals surface area (Å²) in [5.74, 6) is 1.16. The van der Waals surface area contributed by atoms with E-state index in [0.717, 1.165) is 35.1 Å². The number of rotatable bonds is 8. The summed E-state index contributed by atoms with van der Waals surface area (Å²) in [6.45, 7) is 3.48. The number of nitrogens with zero attached hydrogens (tertiary/aromatic N) is 3. The topological polar surface area (TPSA) is 59.8 Å². The summed E-state index contributed by atoms with van der Waals surface area (Å²) < 4.78 is 2.09. The van der Waals surface area contributed by atoms with E-state index in [4.69, 9.17) is 0 Å². The summed E-state index contributed by atoms with van der Waals surface area (Å²) in [4.78, 5) is 12.1. The van der Waals surface area contributed by atoms with Crippen LogP contribution in [0.5, 0.6) is 0 Å². The molecular formula is C20H22N4OS. The fraction of sp³-hybridized carbons (Fsp3) is 0.250. The monoisotopic (exact) mass is 366 g/mol. The highest BCUT2D eigenvalue weighted by Gasteiger charge is 2.14. The molecule has 3 aromatic rings. The molecule has 1 amide bonds. The third-order valence-electron chi connectivity index (χ3n) is 3.86. The molecule has 6 heteroatoms. The van der Waals surface area contributed by atoms with Crippen molar-refractivity contribution in [2.75, 3.05) is 5.75 Å². The van der Waals surface area contributed by atoms with Gasteiger partial charge in [-0.05, 0) is 12.0 Å². The number of aromatic nitrogens is 3. The molecule has 0 saturated heterocycles. The van der Waals surface area contributed by atoms with Crippen molar-refractivity contribution >= 4 is 17.7 Å². The standard InChI is InChI=1S/C20H22N4OS/c1-2-13-24-19(17-11-7-4-8-12-17)22-23-20(24)26-15-18(25)21-14-16-9-5-3-6-10-16/h3-12H,2,13-15H2,1H3,(H,21,25). The molecule has 0 saturated carbocycles. The van der Waals surface area contributed by atoms with Gasteiger partial charge in [-0.15, -0.1) is 10.2 Å². The summed E-state index contributed by atoms with van der Waals surface area (Å²) in [6.07, 6.45) is 0.978. The molecule has 0 aliphatic rings. The third kappa shape index (κ3) is 4.73. The highest BCUT2D eigenvalue weighted by molar-refractivity contribution is 7.99. The van der Waals surface area contributed by atoms with Crippen molar-refractivity contribution in [3.63, 3.8) is 0 Å². The Morgan fingerprint density at radius 2 is 1.73 bits per heavy atom. The highest BCUT2D eigenvalue weighted by Crippen LogP contribution is 2.24. The average molecular weight is 366 g/mol. The molecule has 0 aliphatic heterocycles. The Hall–Kier alpha value is -2.60. The van der Waals surface area contributed by atoms with Crippen LogP contribution in [0.1, 0.15) is 18.9 Å². The first-order valence-electron chi connectivity index (χ1n) is 8.70. The Kier molecular flexibility index (Phi) is 6.44. The van der Waals surface area contributed by atoms with Gasteiger partial charge >= 0.3 is 0 Å². The van der Waals surface area contributed by atoms with Gasteiger partial charge in [-0.1, -0.05) is 79.3 Å². The van der Waals surface area contributed by atoms with Crippen molar-refractivity contribution < 1.29 is 4.79 Å². The first kappa shape index (κ1) is 18.2. The summed E-state index contributed by atoms with van der Waals surface area (Å²) >= 11 is 1.42. The minimum Gasteiger partial charge on any atom is -0.351 e. The lowest BCUT2D eigenvalue weighted by Gasteiger charge is -2.09. The van der Waals surface area contributed by atoms with E-state index >= 15 is 0 Å². The predicted octanol–water partition coefficient (Wildman–Crippen LogP) is 3.76. The average Bonchev–Trinajstić information content (AvgIpc) is 3.09. The number of carbonyl (C=O) groups excluding carboxylic acids is 1. The van der Waals surface area contributed by atoms with E-state index in [0.29, 0.717) is 12.3 Å². The van der Waals surface area contributed by atoms with Crippen LogP contribution in [0.25, 0.3) is 11.4 Å². The van der Waals surface area contributed by atoms with Gasteiger partial charge in [-0.2, -0.15) is 0 Å². The van der Waals surface area contributed by atoms with Gasteiger partial charge in [-0.25, -0.2) is 0 Å². The maximum atomic E-state index is 12.1. The van der Waals surface area contributed by atoms with Gasteiger partial charge in [-0.3, -0.25) is 4.79 Å². The van der Waals surface area contributed by atoms with E-state index < -0.39 is 0 Å². The Balaban J connectivity index is 1.62. The van der Waals surface area contributed by atoms with E-state index in [1.54, 1.807) is 0 Å². The normalized spacial score (nSPS) is 10.7. The molecule has 0 aliphatic carbocycles. The molecule has 0 spiro atoms. The van der Waals surface area contributed by atoms with Gasteiger partial charge in [0, 0.05) is 18.7 Å². The molecule has 2 aromatic carbocycles. The number of benzene rings is 2. The minimum atomic E-state index is -0.00818. The molecule has 1 heterocycles. The number of hydrogen-bond acceptors (Lipinski definition) is 4. The Labute approximate surface area is 157 Å². The van der Waals surface area contributed by atoms with Gasteiger partial charge in [0.1, 0.15) is 0 Å². The smallest absolute Gasteiger partial charge is 0.230 e. The van der Waals surface area contributed by atoms with Crippen molar-refractivity contribution in [2.24, 2.45) is 0 Å². The summed E-state index contributed by atoms with van der Waals surface area (Å²) in [5, 5.41) is 12.4. The first-order valence-corrected chi connectivity index (χ1v) is 9.68. The zero-order chi connectivity index (χ0) is 18.2. The van der Waals surface area contributed by atoms with Crippen LogP contribution < -0.4 is 5.32 Å². The predicted molar refractivity (Wildman–Crippen MR) is 105 cm³/mol. The second-order valence-corrected chi connectivity index (χ2v) is 6.82. The van der Waals surface area contributed by atoms with Crippen LogP contribution in [0, 0.1) is 0 Å². The lowest BCUT2D eigenvalue weighted by molar-refractivity contribution is -0.118. The number of nitrogens with one attached hydrogen (secondary N) is 1. The second kappa shape index (κ2) is 9.20. The molecule has 0 radical (unpaired) electrons. The molecule has 5 nitrogen and oxygen atoms in total. The summed E-state index contributed by atoms with van der Waals surface area (Å²) in [6, 6.07) is 19.9. The van der Waals surface area contributed by atoms with Crippen molar-refractivity contribution in [2.45, 2.75) is 31.6 Å². The van der Waals surface area contributed by atoms with Gasteiger partial charge in [0.05, 0.1) is 5.75 Å². The van der Waals surface area contributed by atoms with Crippen molar-refractivity contribution in [3.8, 4) is 11.4 Å². The maximum absolute atomic E-state index is 12.1. The molecule has 3 rings (SSSR count). The fourth-order valence-electron chi connectivity index (χ4n) is 2.60. The molecule has 0 unspecified atom stereocenters. The fourth-order valence-corrected chi connectivity index (χ4v) is 3.39. The van der Waals surface area contributed by atoms with E-state index in [1.807, 2.05) is 60.7 Å². The zero-order valence-electron chi connectivity index (χ0n) is 14.8. The van der Waals surface area contributed by atoms with Crippen molar-refractivity contribution in [1.82, 2.24) is 20.1 Å². The zero-order valence-corrected chi connectivity index (χ0v) is 15.6. The Morgan fingerprint density at radius 3 is 2.42 bits per heavy atom. The van der Waals surface area contributed by atoms with Crippen LogP contribution in [0.4, 0.5) is 0 Å². The van der Waals surface area contributed by atoms with Crippen LogP contribution in [0.3, 0.4) is 0 Å².